The number of rotatable bonds is 5. The van der Waals surface area contributed by atoms with E-state index in [0.717, 1.165) is 35.9 Å². The average molecular weight is 381 g/mol. The third kappa shape index (κ3) is 4.09. The molecule has 140 valence electrons. The van der Waals surface area contributed by atoms with Crippen LogP contribution in [0.4, 0.5) is 0 Å². The molecule has 3 aromatic rings. The molecule has 1 aromatic heterocycles. The number of benzene rings is 2. The molecule has 5 heteroatoms. The van der Waals surface area contributed by atoms with Crippen LogP contribution in [0, 0.1) is 13.8 Å². The molecule has 1 atom stereocenters. The number of hydrogen-bond acceptors (Lipinski definition) is 4. The fraction of sp³-hybridized carbons (Fsp3) is 0.364. The molecule has 0 bridgehead atoms. The zero-order valence-corrected chi connectivity index (χ0v) is 16.6. The predicted molar refractivity (Wildman–Crippen MR) is 110 cm³/mol. The van der Waals surface area contributed by atoms with E-state index in [9.17, 15) is 4.79 Å². The number of ether oxygens (including phenoxy) is 1. The highest BCUT2D eigenvalue weighted by molar-refractivity contribution is 7.98. The molecule has 1 aliphatic heterocycles. The first-order chi connectivity index (χ1) is 13.1. The van der Waals surface area contributed by atoms with Crippen LogP contribution in [0.5, 0.6) is 0 Å². The van der Waals surface area contributed by atoms with Crippen LogP contribution in [-0.4, -0.2) is 22.3 Å². The number of para-hydroxylation sites is 1. The topological polar surface area (TPSA) is 44.1 Å². The molecule has 4 nitrogen and oxygen atoms in total. The lowest BCUT2D eigenvalue weighted by Gasteiger charge is -2.16. The Morgan fingerprint density at radius 2 is 1.96 bits per heavy atom. The minimum absolute atomic E-state index is 0.0269. The van der Waals surface area contributed by atoms with Crippen molar-refractivity contribution in [3.05, 3.63) is 69.5 Å². The van der Waals surface area contributed by atoms with Crippen LogP contribution in [0.15, 0.2) is 52.4 Å². The highest BCUT2D eigenvalue weighted by Crippen LogP contribution is 2.25. The van der Waals surface area contributed by atoms with E-state index in [1.807, 2.05) is 28.8 Å². The van der Waals surface area contributed by atoms with Crippen molar-refractivity contribution in [3.8, 4) is 0 Å². The second kappa shape index (κ2) is 7.87. The molecule has 0 spiro atoms. The van der Waals surface area contributed by atoms with Gasteiger partial charge in [-0.25, -0.2) is 4.98 Å². The number of thioether (sulfide) groups is 1. The average Bonchev–Trinajstić information content (AvgIpc) is 3.15. The maximum atomic E-state index is 13.1. The predicted octanol–water partition coefficient (Wildman–Crippen LogP) is 4.48. The van der Waals surface area contributed by atoms with Gasteiger partial charge in [0.25, 0.3) is 5.56 Å². The van der Waals surface area contributed by atoms with Crippen LogP contribution < -0.4 is 5.56 Å². The summed E-state index contributed by atoms with van der Waals surface area (Å²) in [6.07, 6.45) is 2.16. The number of nitrogens with zero attached hydrogens (tertiary/aromatic N) is 2. The molecule has 1 saturated heterocycles. The van der Waals surface area contributed by atoms with Crippen LogP contribution in [0.3, 0.4) is 0 Å². The lowest BCUT2D eigenvalue weighted by Crippen LogP contribution is -2.28. The summed E-state index contributed by atoms with van der Waals surface area (Å²) in [6, 6.07) is 14.2. The maximum absolute atomic E-state index is 13.1. The molecule has 1 fully saturated rings. The molecule has 4 rings (SSSR count). The molecular formula is C22H24N2O2S. The fourth-order valence-corrected chi connectivity index (χ4v) is 4.65. The van der Waals surface area contributed by atoms with Crippen molar-refractivity contribution >= 4 is 22.7 Å². The third-order valence-corrected chi connectivity index (χ3v) is 5.93. The Kier molecular flexibility index (Phi) is 5.32. The SMILES string of the molecule is Cc1cc(C)cc(CSc2nc3ccccc3c(=O)n2C[C@@H]2CCCO2)c1. The van der Waals surface area contributed by atoms with Gasteiger partial charge in [0.1, 0.15) is 0 Å². The molecular weight excluding hydrogens is 356 g/mol. The molecule has 0 aliphatic carbocycles. The maximum Gasteiger partial charge on any atom is 0.262 e. The molecule has 27 heavy (non-hydrogen) atoms. The Labute approximate surface area is 163 Å². The smallest absolute Gasteiger partial charge is 0.262 e. The van der Waals surface area contributed by atoms with E-state index in [-0.39, 0.29) is 11.7 Å². The second-order valence-electron chi connectivity index (χ2n) is 7.25. The Bertz CT molecular complexity index is 1000. The van der Waals surface area contributed by atoms with Gasteiger partial charge in [0.05, 0.1) is 23.6 Å². The summed E-state index contributed by atoms with van der Waals surface area (Å²) < 4.78 is 7.59. The molecule has 0 saturated carbocycles. The van der Waals surface area contributed by atoms with Crippen molar-refractivity contribution in [2.75, 3.05) is 6.61 Å². The van der Waals surface area contributed by atoms with Crippen molar-refractivity contribution < 1.29 is 4.74 Å². The summed E-state index contributed by atoms with van der Waals surface area (Å²) >= 11 is 1.63. The summed E-state index contributed by atoms with van der Waals surface area (Å²) in [6.45, 7) is 5.59. The molecule has 0 amide bonds. The van der Waals surface area contributed by atoms with Crippen LogP contribution in [0.1, 0.15) is 29.5 Å². The minimum Gasteiger partial charge on any atom is -0.376 e. The first-order valence-corrected chi connectivity index (χ1v) is 10.4. The monoisotopic (exact) mass is 380 g/mol. The fourth-order valence-electron chi connectivity index (χ4n) is 3.71. The molecule has 1 aliphatic rings. The van der Waals surface area contributed by atoms with Gasteiger partial charge in [-0.15, -0.1) is 0 Å². The quantitative estimate of drug-likeness (QED) is 0.483. The summed E-state index contributed by atoms with van der Waals surface area (Å²) in [7, 11) is 0. The third-order valence-electron chi connectivity index (χ3n) is 4.89. The summed E-state index contributed by atoms with van der Waals surface area (Å²) in [5.74, 6) is 0.791. The van der Waals surface area contributed by atoms with E-state index in [1.165, 1.54) is 16.7 Å². The standard InChI is InChI=1S/C22H24N2O2S/c1-15-10-16(2)12-17(11-15)14-27-22-23-20-8-4-3-7-19(20)21(25)24(22)13-18-6-5-9-26-18/h3-4,7-8,10-12,18H,5-6,9,13-14H2,1-2H3/t18-/m0/s1. The number of hydrogen-bond donors (Lipinski definition) is 0. The van der Waals surface area contributed by atoms with Crippen LogP contribution in [0.25, 0.3) is 10.9 Å². The summed E-state index contributed by atoms with van der Waals surface area (Å²) in [4.78, 5) is 17.9. The van der Waals surface area contributed by atoms with E-state index >= 15 is 0 Å². The first-order valence-electron chi connectivity index (χ1n) is 9.41. The van der Waals surface area contributed by atoms with Gasteiger partial charge < -0.3 is 4.74 Å². The highest BCUT2D eigenvalue weighted by atomic mass is 32.2. The van der Waals surface area contributed by atoms with Crippen molar-refractivity contribution in [1.29, 1.82) is 0 Å². The van der Waals surface area contributed by atoms with Crippen LogP contribution >= 0.6 is 11.8 Å². The van der Waals surface area contributed by atoms with Crippen molar-refractivity contribution in [1.82, 2.24) is 9.55 Å². The van der Waals surface area contributed by atoms with Gasteiger partial charge in [0.15, 0.2) is 5.16 Å². The van der Waals surface area contributed by atoms with Crippen LogP contribution in [0.2, 0.25) is 0 Å². The number of aryl methyl sites for hydroxylation is 2. The molecule has 0 unspecified atom stereocenters. The van der Waals surface area contributed by atoms with Gasteiger partial charge in [-0.05, 0) is 44.4 Å². The largest absolute Gasteiger partial charge is 0.376 e. The van der Waals surface area contributed by atoms with E-state index in [0.29, 0.717) is 11.9 Å². The normalized spacial score (nSPS) is 16.9. The lowest BCUT2D eigenvalue weighted by atomic mass is 10.1. The van der Waals surface area contributed by atoms with E-state index in [1.54, 1.807) is 11.8 Å². The van der Waals surface area contributed by atoms with Crippen LogP contribution in [-0.2, 0) is 17.0 Å². The molecule has 2 heterocycles. The molecule has 0 N–H and O–H groups in total. The van der Waals surface area contributed by atoms with Crippen molar-refractivity contribution in [3.63, 3.8) is 0 Å². The van der Waals surface area contributed by atoms with Crippen molar-refractivity contribution in [2.24, 2.45) is 0 Å². The van der Waals surface area contributed by atoms with E-state index < -0.39 is 0 Å². The number of aromatic nitrogens is 2. The van der Waals surface area contributed by atoms with E-state index in [2.05, 4.69) is 32.0 Å². The zero-order chi connectivity index (χ0) is 18.8. The van der Waals surface area contributed by atoms with Crippen molar-refractivity contribution in [2.45, 2.75) is 50.2 Å². The summed E-state index contributed by atoms with van der Waals surface area (Å²) in [5, 5.41) is 1.44. The Balaban J connectivity index is 1.69. The Morgan fingerprint density at radius 1 is 1.19 bits per heavy atom. The minimum atomic E-state index is 0.0269. The van der Waals surface area contributed by atoms with Gasteiger partial charge in [-0.3, -0.25) is 9.36 Å². The molecule has 2 aromatic carbocycles. The van der Waals surface area contributed by atoms with Gasteiger partial charge in [-0.1, -0.05) is 53.2 Å². The first kappa shape index (κ1) is 18.3. The van der Waals surface area contributed by atoms with Gasteiger partial charge in [0.2, 0.25) is 0 Å². The second-order valence-corrected chi connectivity index (χ2v) is 8.19. The van der Waals surface area contributed by atoms with Gasteiger partial charge >= 0.3 is 0 Å². The number of fused-ring (bicyclic) bond motifs is 1. The van der Waals surface area contributed by atoms with Gasteiger partial charge in [0, 0.05) is 12.4 Å². The highest BCUT2D eigenvalue weighted by Gasteiger charge is 2.20. The summed E-state index contributed by atoms with van der Waals surface area (Å²) in [5.41, 5.74) is 4.55. The molecule has 0 radical (unpaired) electrons. The zero-order valence-electron chi connectivity index (χ0n) is 15.8. The Hall–Kier alpha value is -2.11. The van der Waals surface area contributed by atoms with Gasteiger partial charge in [-0.2, -0.15) is 0 Å². The lowest BCUT2D eigenvalue weighted by molar-refractivity contribution is 0.0937. The van der Waals surface area contributed by atoms with E-state index in [4.69, 9.17) is 9.72 Å². The Morgan fingerprint density at radius 3 is 2.70 bits per heavy atom.